The number of nitrogens with one attached hydrogen (secondary N) is 2. The van der Waals surface area contributed by atoms with Crippen LogP contribution in [0.2, 0.25) is 0 Å². The van der Waals surface area contributed by atoms with Gasteiger partial charge in [0.2, 0.25) is 5.91 Å². The molecule has 0 unspecified atom stereocenters. The Morgan fingerprint density at radius 1 is 1.07 bits per heavy atom. The smallest absolute Gasteiger partial charge is 0.278 e. The van der Waals surface area contributed by atoms with Gasteiger partial charge in [-0.2, -0.15) is 0 Å². The molecule has 8 nitrogen and oxygen atoms in total. The molecule has 0 atom stereocenters. The first-order chi connectivity index (χ1) is 13.6. The van der Waals surface area contributed by atoms with Crippen LogP contribution in [0.1, 0.15) is 0 Å². The molecule has 0 aliphatic carbocycles. The molecule has 0 aliphatic rings. The van der Waals surface area contributed by atoms with Crippen LogP contribution in [0.4, 0.5) is 5.69 Å². The molecule has 1 amide bonds. The molecule has 0 radical (unpaired) electrons. The van der Waals surface area contributed by atoms with E-state index in [1.54, 1.807) is 30.3 Å². The van der Waals surface area contributed by atoms with Gasteiger partial charge in [-0.1, -0.05) is 42.1 Å². The van der Waals surface area contributed by atoms with Gasteiger partial charge in [0, 0.05) is 17.3 Å². The molecule has 1 heterocycles. The minimum atomic E-state index is -0.357. The van der Waals surface area contributed by atoms with Crippen molar-refractivity contribution in [2.75, 3.05) is 25.3 Å². The monoisotopic (exact) mass is 398 g/mol. The second-order valence-electron chi connectivity index (χ2n) is 5.58. The Hall–Kier alpha value is -3.33. The fraction of sp³-hybridized carbons (Fsp3) is 0.158. The minimum Gasteiger partial charge on any atom is -0.493 e. The van der Waals surface area contributed by atoms with Crippen LogP contribution < -0.4 is 20.3 Å². The molecule has 2 aromatic carbocycles. The second kappa shape index (κ2) is 9.05. The standard InChI is InChI=1S/C19H18N4O4S/c1-26-14-9-8-13(10-15(14)27-2)20-16(24)11-28-19-21-18(25)17(22-23-19)12-6-4-3-5-7-12/h3-10H,11H2,1-2H3,(H,20,24)(H,21,23,25). The number of nitrogens with zero attached hydrogens (tertiary/aromatic N) is 2. The number of carbonyl (C=O) groups excluding carboxylic acids is 1. The number of benzene rings is 2. The van der Waals surface area contributed by atoms with E-state index in [-0.39, 0.29) is 28.1 Å². The Balaban J connectivity index is 1.62. The van der Waals surface area contributed by atoms with Gasteiger partial charge >= 0.3 is 0 Å². The van der Waals surface area contributed by atoms with Crippen LogP contribution in [0.25, 0.3) is 11.3 Å². The SMILES string of the molecule is COc1ccc(NC(=O)CSc2nnc(-c3ccccc3)c(=O)[nH]2)cc1OC. The van der Waals surface area contributed by atoms with Gasteiger partial charge in [0.1, 0.15) is 0 Å². The van der Waals surface area contributed by atoms with Crippen molar-refractivity contribution < 1.29 is 14.3 Å². The zero-order chi connectivity index (χ0) is 19.9. The fourth-order valence-corrected chi connectivity index (χ4v) is 3.02. The van der Waals surface area contributed by atoms with Crippen LogP contribution in [0.3, 0.4) is 0 Å². The third-order valence-corrected chi connectivity index (χ3v) is 4.59. The number of carbonyl (C=O) groups is 1. The summed E-state index contributed by atoms with van der Waals surface area (Å²) in [6.45, 7) is 0. The molecule has 144 valence electrons. The van der Waals surface area contributed by atoms with E-state index in [4.69, 9.17) is 9.47 Å². The summed E-state index contributed by atoms with van der Waals surface area (Å²) in [5.74, 6) is 0.886. The minimum absolute atomic E-state index is 0.0592. The Morgan fingerprint density at radius 2 is 1.82 bits per heavy atom. The molecular weight excluding hydrogens is 380 g/mol. The number of amides is 1. The summed E-state index contributed by atoms with van der Waals surface area (Å²) in [4.78, 5) is 27.0. The molecule has 2 N–H and O–H groups in total. The second-order valence-corrected chi connectivity index (χ2v) is 6.54. The molecule has 0 saturated carbocycles. The van der Waals surface area contributed by atoms with Gasteiger partial charge in [-0.15, -0.1) is 10.2 Å². The van der Waals surface area contributed by atoms with Gasteiger partial charge in [0.05, 0.1) is 20.0 Å². The number of hydrogen-bond acceptors (Lipinski definition) is 7. The zero-order valence-electron chi connectivity index (χ0n) is 15.3. The molecule has 0 bridgehead atoms. The Bertz CT molecular complexity index is 1020. The Kier molecular flexibility index (Phi) is 6.28. The third kappa shape index (κ3) is 4.68. The summed E-state index contributed by atoms with van der Waals surface area (Å²) in [6.07, 6.45) is 0. The predicted molar refractivity (Wildman–Crippen MR) is 107 cm³/mol. The van der Waals surface area contributed by atoms with Gasteiger partial charge in [0.15, 0.2) is 22.3 Å². The molecule has 0 aliphatic heterocycles. The van der Waals surface area contributed by atoms with Crippen LogP contribution in [-0.2, 0) is 4.79 Å². The molecule has 0 saturated heterocycles. The number of thioether (sulfide) groups is 1. The lowest BCUT2D eigenvalue weighted by atomic mass is 10.2. The number of ether oxygens (including phenoxy) is 2. The maximum atomic E-state index is 12.2. The van der Waals surface area contributed by atoms with Crippen molar-refractivity contribution in [3.8, 4) is 22.8 Å². The van der Waals surface area contributed by atoms with Crippen molar-refractivity contribution in [3.05, 3.63) is 58.9 Å². The molecule has 3 aromatic rings. The highest BCUT2D eigenvalue weighted by atomic mass is 32.2. The molecule has 1 aromatic heterocycles. The molecule has 9 heteroatoms. The summed E-state index contributed by atoms with van der Waals surface area (Å²) in [7, 11) is 3.06. The highest BCUT2D eigenvalue weighted by molar-refractivity contribution is 7.99. The van der Waals surface area contributed by atoms with Crippen molar-refractivity contribution in [2.45, 2.75) is 5.16 Å². The van der Waals surface area contributed by atoms with E-state index in [2.05, 4.69) is 20.5 Å². The van der Waals surface area contributed by atoms with E-state index in [0.717, 1.165) is 11.8 Å². The molecule has 0 spiro atoms. The van der Waals surface area contributed by atoms with Crippen LogP contribution >= 0.6 is 11.8 Å². The molecule has 3 rings (SSSR count). The maximum absolute atomic E-state index is 12.2. The number of anilines is 1. The largest absolute Gasteiger partial charge is 0.493 e. The highest BCUT2D eigenvalue weighted by Crippen LogP contribution is 2.29. The maximum Gasteiger partial charge on any atom is 0.278 e. The topological polar surface area (TPSA) is 106 Å². The van der Waals surface area contributed by atoms with E-state index in [1.807, 2.05) is 18.2 Å². The first-order valence-electron chi connectivity index (χ1n) is 8.28. The van der Waals surface area contributed by atoms with Gasteiger partial charge in [-0.25, -0.2) is 0 Å². The van der Waals surface area contributed by atoms with E-state index in [1.165, 1.54) is 14.2 Å². The third-order valence-electron chi connectivity index (χ3n) is 3.73. The fourth-order valence-electron chi connectivity index (χ4n) is 2.42. The van der Waals surface area contributed by atoms with Crippen molar-refractivity contribution in [3.63, 3.8) is 0 Å². The van der Waals surface area contributed by atoms with Crippen molar-refractivity contribution >= 4 is 23.4 Å². The number of rotatable bonds is 7. The Morgan fingerprint density at radius 3 is 2.50 bits per heavy atom. The summed E-state index contributed by atoms with van der Waals surface area (Å²) < 4.78 is 10.4. The zero-order valence-corrected chi connectivity index (χ0v) is 16.1. The normalized spacial score (nSPS) is 10.4. The summed E-state index contributed by atoms with van der Waals surface area (Å²) in [6, 6.07) is 14.1. The van der Waals surface area contributed by atoms with Crippen LogP contribution in [0.15, 0.2) is 58.5 Å². The molecular formula is C19H18N4O4S. The van der Waals surface area contributed by atoms with E-state index in [0.29, 0.717) is 22.7 Å². The predicted octanol–water partition coefficient (Wildman–Crippen LogP) is 2.58. The summed E-state index contributed by atoms with van der Waals surface area (Å²) in [5, 5.41) is 11.0. The number of aromatic nitrogens is 3. The van der Waals surface area contributed by atoms with E-state index < -0.39 is 0 Å². The quantitative estimate of drug-likeness (QED) is 0.589. The van der Waals surface area contributed by atoms with Crippen molar-refractivity contribution in [1.29, 1.82) is 0 Å². The lowest BCUT2D eigenvalue weighted by Gasteiger charge is -2.10. The van der Waals surface area contributed by atoms with E-state index in [9.17, 15) is 9.59 Å². The van der Waals surface area contributed by atoms with Gasteiger partial charge in [0.25, 0.3) is 5.56 Å². The summed E-state index contributed by atoms with van der Waals surface area (Å²) >= 11 is 1.09. The average Bonchev–Trinajstić information content (AvgIpc) is 2.73. The van der Waals surface area contributed by atoms with Gasteiger partial charge in [-0.3, -0.25) is 14.6 Å². The number of hydrogen-bond donors (Lipinski definition) is 2. The van der Waals surface area contributed by atoms with Gasteiger partial charge in [-0.05, 0) is 12.1 Å². The lowest BCUT2D eigenvalue weighted by molar-refractivity contribution is -0.113. The lowest BCUT2D eigenvalue weighted by Crippen LogP contribution is -2.17. The van der Waals surface area contributed by atoms with Crippen LogP contribution in [0.5, 0.6) is 11.5 Å². The van der Waals surface area contributed by atoms with Crippen molar-refractivity contribution in [2.24, 2.45) is 0 Å². The Labute approximate surface area is 165 Å². The number of aromatic amines is 1. The van der Waals surface area contributed by atoms with Crippen LogP contribution in [-0.4, -0.2) is 41.1 Å². The molecule has 0 fully saturated rings. The average molecular weight is 398 g/mol. The highest BCUT2D eigenvalue weighted by Gasteiger charge is 2.11. The first-order valence-corrected chi connectivity index (χ1v) is 9.26. The summed E-state index contributed by atoms with van der Waals surface area (Å²) in [5.41, 5.74) is 1.13. The number of H-pyrrole nitrogens is 1. The van der Waals surface area contributed by atoms with Crippen molar-refractivity contribution in [1.82, 2.24) is 15.2 Å². The van der Waals surface area contributed by atoms with Crippen LogP contribution in [0, 0.1) is 0 Å². The first kappa shape index (κ1) is 19.4. The number of methoxy groups -OCH3 is 2. The van der Waals surface area contributed by atoms with E-state index >= 15 is 0 Å². The molecule has 28 heavy (non-hydrogen) atoms. The van der Waals surface area contributed by atoms with Gasteiger partial charge < -0.3 is 14.8 Å².